The van der Waals surface area contributed by atoms with Gasteiger partial charge in [-0.2, -0.15) is 8.78 Å². The number of methoxy groups -OCH3 is 1. The quantitative estimate of drug-likeness (QED) is 0.559. The third-order valence-corrected chi connectivity index (χ3v) is 3.03. The molecule has 1 atom stereocenters. The van der Waals surface area contributed by atoms with Crippen LogP contribution in [0.4, 0.5) is 8.78 Å². The number of nitrogens with zero attached hydrogens (tertiary/aromatic N) is 1. The van der Waals surface area contributed by atoms with E-state index in [1.165, 1.54) is 12.1 Å². The maximum absolute atomic E-state index is 12.4. The number of guanidine groups is 1. The molecule has 2 N–H and O–H groups in total. The smallest absolute Gasteiger partial charge is 0.387 e. The normalized spacial score (nSPS) is 13.1. The lowest BCUT2D eigenvalue weighted by molar-refractivity contribution is -0.0504. The van der Waals surface area contributed by atoms with Crippen LogP contribution >= 0.6 is 11.6 Å². The Morgan fingerprint density at radius 3 is 2.74 bits per heavy atom. The van der Waals surface area contributed by atoms with Gasteiger partial charge < -0.3 is 20.1 Å². The van der Waals surface area contributed by atoms with Crippen molar-refractivity contribution in [3.05, 3.63) is 28.8 Å². The Hall–Kier alpha value is -1.60. The minimum absolute atomic E-state index is 0.0499. The summed E-state index contributed by atoms with van der Waals surface area (Å²) in [4.78, 5) is 4.37. The van der Waals surface area contributed by atoms with E-state index in [1.54, 1.807) is 13.2 Å². The first kappa shape index (κ1) is 19.4. The zero-order valence-corrected chi connectivity index (χ0v) is 14.2. The Morgan fingerprint density at radius 1 is 1.39 bits per heavy atom. The van der Waals surface area contributed by atoms with Crippen molar-refractivity contribution in [3.63, 3.8) is 0 Å². The highest BCUT2D eigenvalue weighted by atomic mass is 35.5. The molecule has 0 aliphatic rings. The van der Waals surface area contributed by atoms with E-state index in [1.807, 2.05) is 13.8 Å². The second kappa shape index (κ2) is 10.2. The number of nitrogens with one attached hydrogen (secondary N) is 2. The van der Waals surface area contributed by atoms with Crippen molar-refractivity contribution in [3.8, 4) is 5.75 Å². The van der Waals surface area contributed by atoms with Crippen LogP contribution in [0.3, 0.4) is 0 Å². The summed E-state index contributed by atoms with van der Waals surface area (Å²) in [6.45, 7) is 2.32. The molecule has 0 spiro atoms. The molecule has 1 aromatic rings. The molecule has 0 fully saturated rings. The summed E-state index contributed by atoms with van der Waals surface area (Å²) in [5, 5.41) is 6.67. The number of hydrogen-bond donors (Lipinski definition) is 2. The molecule has 0 saturated carbocycles. The second-order valence-electron chi connectivity index (χ2n) is 4.83. The molecule has 1 rings (SSSR count). The van der Waals surface area contributed by atoms with Gasteiger partial charge in [-0.15, -0.1) is 0 Å². The second-order valence-corrected chi connectivity index (χ2v) is 5.26. The van der Waals surface area contributed by atoms with Gasteiger partial charge in [0.05, 0.1) is 13.2 Å². The Bertz CT molecular complexity index is 515. The third kappa shape index (κ3) is 7.47. The number of hydrogen-bond acceptors (Lipinski definition) is 3. The lowest BCUT2D eigenvalue weighted by atomic mass is 10.2. The molecular weight excluding hydrogens is 328 g/mol. The number of aliphatic imine (C=N–C) groups is 1. The van der Waals surface area contributed by atoms with E-state index in [0.717, 1.165) is 0 Å². The number of halogens is 3. The highest BCUT2D eigenvalue weighted by Crippen LogP contribution is 2.25. The third-order valence-electron chi connectivity index (χ3n) is 2.79. The van der Waals surface area contributed by atoms with Gasteiger partial charge in [-0.1, -0.05) is 11.6 Å². The summed E-state index contributed by atoms with van der Waals surface area (Å²) in [5.74, 6) is 0.619. The number of benzene rings is 1. The molecule has 0 aliphatic heterocycles. The molecule has 8 heteroatoms. The average molecular weight is 350 g/mol. The summed E-state index contributed by atoms with van der Waals surface area (Å²) in [7, 11) is 1.61. The topological polar surface area (TPSA) is 54.9 Å². The summed E-state index contributed by atoms with van der Waals surface area (Å²) in [6.07, 6.45) is 0. The van der Waals surface area contributed by atoms with Crippen LogP contribution < -0.4 is 15.4 Å². The van der Waals surface area contributed by atoms with Crippen molar-refractivity contribution in [1.29, 1.82) is 0 Å². The summed E-state index contributed by atoms with van der Waals surface area (Å²) in [6, 6.07) is 4.52. The largest absolute Gasteiger partial charge is 0.434 e. The standard InChI is InChI=1S/C15H22ClF2N3O2/c1-4-19-15(21-10(2)9-22-3)20-8-11-7-12(16)5-6-13(11)23-14(17)18/h5-7,10,14H,4,8-9H2,1-3H3,(H2,19,20,21). The Balaban J connectivity index is 2.87. The van der Waals surface area contributed by atoms with Crippen molar-refractivity contribution in [1.82, 2.24) is 10.6 Å². The number of rotatable bonds is 8. The zero-order valence-electron chi connectivity index (χ0n) is 13.4. The molecule has 0 amide bonds. The summed E-state index contributed by atoms with van der Waals surface area (Å²) < 4.78 is 34.4. The highest BCUT2D eigenvalue weighted by Gasteiger charge is 2.11. The van der Waals surface area contributed by atoms with E-state index < -0.39 is 6.61 Å². The maximum Gasteiger partial charge on any atom is 0.387 e. The van der Waals surface area contributed by atoms with E-state index in [2.05, 4.69) is 20.4 Å². The fourth-order valence-electron chi connectivity index (χ4n) is 1.89. The van der Waals surface area contributed by atoms with Gasteiger partial charge in [-0.25, -0.2) is 4.99 Å². The van der Waals surface area contributed by atoms with E-state index in [-0.39, 0.29) is 18.3 Å². The minimum Gasteiger partial charge on any atom is -0.434 e. The molecule has 0 bridgehead atoms. The van der Waals surface area contributed by atoms with Gasteiger partial charge in [0.1, 0.15) is 5.75 Å². The van der Waals surface area contributed by atoms with Crippen molar-refractivity contribution >= 4 is 17.6 Å². The Kier molecular flexibility index (Phi) is 8.65. The van der Waals surface area contributed by atoms with Gasteiger partial charge in [0.25, 0.3) is 0 Å². The fraction of sp³-hybridized carbons (Fsp3) is 0.533. The fourth-order valence-corrected chi connectivity index (χ4v) is 2.09. The molecule has 0 aliphatic carbocycles. The van der Waals surface area contributed by atoms with Crippen molar-refractivity contribution in [2.24, 2.45) is 4.99 Å². The molecule has 1 aromatic carbocycles. The average Bonchev–Trinajstić information content (AvgIpc) is 2.47. The lowest BCUT2D eigenvalue weighted by Gasteiger charge is -2.17. The molecule has 5 nitrogen and oxygen atoms in total. The van der Waals surface area contributed by atoms with E-state index in [0.29, 0.717) is 29.7 Å². The van der Waals surface area contributed by atoms with Crippen LogP contribution in [0.1, 0.15) is 19.4 Å². The first-order valence-electron chi connectivity index (χ1n) is 7.23. The predicted molar refractivity (Wildman–Crippen MR) is 87.4 cm³/mol. The Morgan fingerprint density at radius 2 is 2.13 bits per heavy atom. The molecule has 1 unspecified atom stereocenters. The zero-order chi connectivity index (χ0) is 17.2. The van der Waals surface area contributed by atoms with Gasteiger partial charge in [0.15, 0.2) is 5.96 Å². The van der Waals surface area contributed by atoms with Crippen LogP contribution in [-0.4, -0.2) is 38.9 Å². The number of alkyl halides is 2. The van der Waals surface area contributed by atoms with Crippen LogP contribution in [0.2, 0.25) is 5.02 Å². The van der Waals surface area contributed by atoms with Gasteiger partial charge in [0.2, 0.25) is 0 Å². The van der Waals surface area contributed by atoms with Crippen LogP contribution in [-0.2, 0) is 11.3 Å². The molecular formula is C15H22ClF2N3O2. The lowest BCUT2D eigenvalue weighted by Crippen LogP contribution is -2.43. The molecule has 0 saturated heterocycles. The van der Waals surface area contributed by atoms with E-state index >= 15 is 0 Å². The minimum atomic E-state index is -2.90. The first-order valence-corrected chi connectivity index (χ1v) is 7.61. The summed E-state index contributed by atoms with van der Waals surface area (Å²) >= 11 is 5.92. The van der Waals surface area contributed by atoms with Gasteiger partial charge >= 0.3 is 6.61 Å². The molecule has 130 valence electrons. The van der Waals surface area contributed by atoms with Crippen molar-refractivity contribution in [2.75, 3.05) is 20.3 Å². The van der Waals surface area contributed by atoms with Gasteiger partial charge in [-0.3, -0.25) is 0 Å². The van der Waals surface area contributed by atoms with Gasteiger partial charge in [0, 0.05) is 30.3 Å². The number of ether oxygens (including phenoxy) is 2. The predicted octanol–water partition coefficient (Wildman–Crippen LogP) is 3.03. The van der Waals surface area contributed by atoms with Crippen LogP contribution in [0.15, 0.2) is 23.2 Å². The van der Waals surface area contributed by atoms with E-state index in [4.69, 9.17) is 16.3 Å². The monoisotopic (exact) mass is 349 g/mol. The summed E-state index contributed by atoms with van der Waals surface area (Å²) in [5.41, 5.74) is 0.481. The van der Waals surface area contributed by atoms with Crippen LogP contribution in [0, 0.1) is 0 Å². The van der Waals surface area contributed by atoms with Gasteiger partial charge in [-0.05, 0) is 32.0 Å². The molecule has 23 heavy (non-hydrogen) atoms. The van der Waals surface area contributed by atoms with Crippen LogP contribution in [0.25, 0.3) is 0 Å². The highest BCUT2D eigenvalue weighted by molar-refractivity contribution is 6.30. The Labute approximate surface area is 140 Å². The first-order chi connectivity index (χ1) is 11.0. The SMILES string of the molecule is CCNC(=NCc1cc(Cl)ccc1OC(F)F)NC(C)COC. The molecule has 0 heterocycles. The molecule has 0 aromatic heterocycles. The van der Waals surface area contributed by atoms with Crippen molar-refractivity contribution < 1.29 is 18.3 Å². The molecule has 0 radical (unpaired) electrons. The van der Waals surface area contributed by atoms with E-state index in [9.17, 15) is 8.78 Å². The maximum atomic E-state index is 12.4. The van der Waals surface area contributed by atoms with Crippen molar-refractivity contribution in [2.45, 2.75) is 33.0 Å². The van der Waals surface area contributed by atoms with Crippen LogP contribution in [0.5, 0.6) is 5.75 Å².